The van der Waals surface area contributed by atoms with Gasteiger partial charge in [0.25, 0.3) is 0 Å². The Balaban J connectivity index is 0.000000267. The summed E-state index contributed by atoms with van der Waals surface area (Å²) in [6.07, 6.45) is -1.52. The van der Waals surface area contributed by atoms with Gasteiger partial charge in [-0.2, -0.15) is 12.6 Å². The van der Waals surface area contributed by atoms with Crippen molar-refractivity contribution < 1.29 is 19.7 Å². The molecule has 5 nitrogen and oxygen atoms in total. The molecule has 0 aliphatic carbocycles. The number of carbonyl (C=O) groups excluding carboxylic acids is 1. The zero-order valence-corrected chi connectivity index (χ0v) is 15.9. The minimum absolute atomic E-state index is 0.0951. The van der Waals surface area contributed by atoms with E-state index >= 15 is 0 Å². The van der Waals surface area contributed by atoms with Gasteiger partial charge in [-0.1, -0.05) is 12.1 Å². The van der Waals surface area contributed by atoms with E-state index in [4.69, 9.17) is 4.74 Å². The van der Waals surface area contributed by atoms with E-state index in [-0.39, 0.29) is 18.6 Å². The Morgan fingerprint density at radius 2 is 1.96 bits per heavy atom. The van der Waals surface area contributed by atoms with E-state index in [0.717, 1.165) is 5.52 Å². The Hall–Kier alpha value is -1.15. The number of esters is 1. The first-order valence-electron chi connectivity index (χ1n) is 7.68. The second-order valence-electron chi connectivity index (χ2n) is 6.34. The average molecular weight is 372 g/mol. The third kappa shape index (κ3) is 8.63. The summed E-state index contributed by atoms with van der Waals surface area (Å²) in [6, 6.07) is 8.13. The Morgan fingerprint density at radius 3 is 2.54 bits per heavy atom. The molecule has 0 spiro atoms. The average Bonchev–Trinajstić information content (AvgIpc) is 2.93. The zero-order valence-electron chi connectivity index (χ0n) is 14.2. The van der Waals surface area contributed by atoms with Crippen LogP contribution in [0.25, 0.3) is 10.2 Å². The molecule has 24 heavy (non-hydrogen) atoms. The lowest BCUT2D eigenvalue weighted by molar-refractivity contribution is -0.157. The lowest BCUT2D eigenvalue weighted by Crippen LogP contribution is -2.28. The fourth-order valence-electron chi connectivity index (χ4n) is 1.85. The van der Waals surface area contributed by atoms with Crippen molar-refractivity contribution in [1.82, 2.24) is 4.98 Å². The fourth-order valence-corrected chi connectivity index (χ4v) is 2.68. The number of aromatic nitrogens is 1. The molecule has 0 unspecified atom stereocenters. The van der Waals surface area contributed by atoms with Crippen LogP contribution in [0.5, 0.6) is 0 Å². The van der Waals surface area contributed by atoms with Crippen molar-refractivity contribution in [3.8, 4) is 0 Å². The van der Waals surface area contributed by atoms with Crippen LogP contribution in [0.15, 0.2) is 29.8 Å². The van der Waals surface area contributed by atoms with Gasteiger partial charge in [-0.3, -0.25) is 4.79 Å². The monoisotopic (exact) mass is 371 g/mol. The van der Waals surface area contributed by atoms with Crippen molar-refractivity contribution in [1.29, 1.82) is 0 Å². The molecule has 1 aromatic heterocycles. The predicted molar refractivity (Wildman–Crippen MR) is 101 cm³/mol. The second-order valence-corrected chi connectivity index (χ2v) is 7.59. The number of thiazole rings is 1. The first-order valence-corrected chi connectivity index (χ1v) is 9.19. The molecule has 2 atom stereocenters. The van der Waals surface area contributed by atoms with Crippen molar-refractivity contribution in [3.05, 3.63) is 29.8 Å². The Bertz CT molecular complexity index is 594. The Kier molecular flexibility index (Phi) is 8.69. The molecule has 1 heterocycles. The van der Waals surface area contributed by atoms with Gasteiger partial charge in [0.05, 0.1) is 34.4 Å². The molecule has 1 aromatic carbocycles. The first-order chi connectivity index (χ1) is 11.2. The van der Waals surface area contributed by atoms with Crippen molar-refractivity contribution in [2.24, 2.45) is 0 Å². The van der Waals surface area contributed by atoms with Crippen LogP contribution in [-0.2, 0) is 9.53 Å². The van der Waals surface area contributed by atoms with E-state index in [2.05, 4.69) is 23.7 Å². The number of thiol groups is 1. The summed E-state index contributed by atoms with van der Waals surface area (Å²) in [7, 11) is 0. The number of hydrogen-bond acceptors (Lipinski definition) is 7. The van der Waals surface area contributed by atoms with Crippen LogP contribution in [0.4, 0.5) is 0 Å². The van der Waals surface area contributed by atoms with Gasteiger partial charge in [-0.25, -0.2) is 4.98 Å². The topological polar surface area (TPSA) is 79.7 Å². The van der Waals surface area contributed by atoms with Gasteiger partial charge in [-0.05, 0) is 32.9 Å². The van der Waals surface area contributed by atoms with Crippen LogP contribution in [0.2, 0.25) is 0 Å². The van der Waals surface area contributed by atoms with E-state index < -0.39 is 23.8 Å². The van der Waals surface area contributed by atoms with Gasteiger partial charge in [0.15, 0.2) is 0 Å². The second kappa shape index (κ2) is 9.98. The maximum Gasteiger partial charge on any atom is 0.308 e. The molecule has 2 aromatic rings. The summed E-state index contributed by atoms with van der Waals surface area (Å²) in [4.78, 5) is 15.4. The number of rotatable bonds is 5. The van der Waals surface area contributed by atoms with E-state index in [1.54, 1.807) is 32.1 Å². The van der Waals surface area contributed by atoms with Crippen LogP contribution < -0.4 is 0 Å². The lowest BCUT2D eigenvalue weighted by atomic mass is 10.1. The Morgan fingerprint density at radius 1 is 1.29 bits per heavy atom. The van der Waals surface area contributed by atoms with Crippen LogP contribution in [-0.4, -0.2) is 44.7 Å². The maximum atomic E-state index is 11.3. The van der Waals surface area contributed by atoms with Crippen molar-refractivity contribution in [3.63, 3.8) is 0 Å². The third-order valence-corrected chi connectivity index (χ3v) is 4.05. The molecular formula is C17H25NO4S2. The number of para-hydroxylation sites is 1. The third-order valence-electron chi connectivity index (χ3n) is 2.81. The van der Waals surface area contributed by atoms with E-state index in [0.29, 0.717) is 0 Å². The molecular weight excluding hydrogens is 346 g/mol. The Labute approximate surface area is 152 Å². The SMILES string of the molecule is CC(C)(C)OC(=O)C[C@H](O)C[C@H](O)CS.c1ccc2scnc2c1. The molecule has 0 bridgehead atoms. The van der Waals surface area contributed by atoms with E-state index in [1.165, 1.54) is 4.70 Å². The van der Waals surface area contributed by atoms with Crippen molar-refractivity contribution in [2.75, 3.05) is 5.75 Å². The van der Waals surface area contributed by atoms with Crippen molar-refractivity contribution in [2.45, 2.75) is 51.4 Å². The van der Waals surface area contributed by atoms with Crippen LogP contribution in [0, 0.1) is 0 Å². The molecule has 0 saturated carbocycles. The first kappa shape index (κ1) is 20.9. The summed E-state index contributed by atoms with van der Waals surface area (Å²) in [6.45, 7) is 5.29. The highest BCUT2D eigenvalue weighted by Gasteiger charge is 2.20. The quantitative estimate of drug-likeness (QED) is 0.556. The number of nitrogens with zero attached hydrogens (tertiary/aromatic N) is 1. The fraction of sp³-hybridized carbons (Fsp3) is 0.529. The van der Waals surface area contributed by atoms with Crippen LogP contribution >= 0.6 is 24.0 Å². The maximum absolute atomic E-state index is 11.3. The standard InChI is InChI=1S/C10H20O4S.C7H5NS/c1-10(2,3)14-9(13)5-7(11)4-8(12)6-15;1-2-4-7-6(3-1)8-5-9-7/h7-8,11-12,15H,4-6H2,1-3H3;1-5H/t7-,8+;/m1./s1. The van der Waals surface area contributed by atoms with Crippen LogP contribution in [0.3, 0.4) is 0 Å². The van der Waals surface area contributed by atoms with Crippen molar-refractivity contribution >= 4 is 40.2 Å². The largest absolute Gasteiger partial charge is 0.460 e. The van der Waals surface area contributed by atoms with E-state index in [9.17, 15) is 15.0 Å². The number of ether oxygens (including phenoxy) is 1. The van der Waals surface area contributed by atoms with Gasteiger partial charge in [0.1, 0.15) is 5.60 Å². The molecule has 134 valence electrons. The molecule has 0 saturated heterocycles. The highest BCUT2D eigenvalue weighted by atomic mass is 32.1. The number of fused-ring (bicyclic) bond motifs is 1. The van der Waals surface area contributed by atoms with Crippen LogP contribution in [0.1, 0.15) is 33.6 Å². The number of aliphatic hydroxyl groups excluding tert-OH is 2. The molecule has 0 fully saturated rings. The van der Waals surface area contributed by atoms with Gasteiger partial charge < -0.3 is 14.9 Å². The van der Waals surface area contributed by atoms with Gasteiger partial charge in [-0.15, -0.1) is 11.3 Å². The summed E-state index contributed by atoms with van der Waals surface area (Å²) < 4.78 is 6.29. The minimum Gasteiger partial charge on any atom is -0.460 e. The number of hydrogen-bond donors (Lipinski definition) is 3. The minimum atomic E-state index is -0.873. The highest BCUT2D eigenvalue weighted by molar-refractivity contribution is 7.80. The van der Waals surface area contributed by atoms with Gasteiger partial charge in [0, 0.05) is 12.2 Å². The van der Waals surface area contributed by atoms with E-state index in [1.807, 2.05) is 23.7 Å². The molecule has 0 aliphatic rings. The molecule has 2 rings (SSSR count). The smallest absolute Gasteiger partial charge is 0.308 e. The van der Waals surface area contributed by atoms with Gasteiger partial charge >= 0.3 is 5.97 Å². The predicted octanol–water partition coefficient (Wildman–Crippen LogP) is 3.06. The summed E-state index contributed by atoms with van der Waals surface area (Å²) in [5, 5.41) is 18.6. The number of benzene rings is 1. The highest BCUT2D eigenvalue weighted by Crippen LogP contribution is 2.15. The molecule has 7 heteroatoms. The molecule has 2 N–H and O–H groups in total. The molecule has 0 aliphatic heterocycles. The summed E-state index contributed by atoms with van der Waals surface area (Å²) in [5.74, 6) is -0.188. The zero-order chi connectivity index (χ0) is 18.2. The summed E-state index contributed by atoms with van der Waals surface area (Å²) in [5.41, 5.74) is 2.42. The number of aliphatic hydroxyl groups is 2. The lowest BCUT2D eigenvalue weighted by Gasteiger charge is -2.21. The summed E-state index contributed by atoms with van der Waals surface area (Å²) >= 11 is 5.55. The molecule has 0 amide bonds. The normalized spacial score (nSPS) is 13.8. The number of carbonyl (C=O) groups is 1. The molecule has 0 radical (unpaired) electrons. The van der Waals surface area contributed by atoms with Gasteiger partial charge in [0.2, 0.25) is 0 Å².